The van der Waals surface area contributed by atoms with Gasteiger partial charge in [0.15, 0.2) is 11.6 Å². The molecule has 0 saturated carbocycles. The minimum Gasteiger partial charge on any atom is -0.388 e. The van der Waals surface area contributed by atoms with Crippen LogP contribution in [0, 0.1) is 17.6 Å². The average Bonchev–Trinajstić information content (AvgIpc) is 2.08. The molecule has 1 aromatic rings. The number of hydrogen-bond donors (Lipinski definition) is 1. The van der Waals surface area contributed by atoms with E-state index in [1.807, 2.05) is 13.8 Å². The van der Waals surface area contributed by atoms with Crippen molar-refractivity contribution in [2.24, 2.45) is 5.92 Å². The Morgan fingerprint density at radius 2 is 1.77 bits per heavy atom. The fourth-order valence-corrected chi connectivity index (χ4v) is 1.08. The van der Waals surface area contributed by atoms with Gasteiger partial charge in [0.2, 0.25) is 0 Å². The fourth-order valence-electron chi connectivity index (χ4n) is 1.08. The third-order valence-corrected chi connectivity index (χ3v) is 1.92. The minimum atomic E-state index is -0.919. The second-order valence-electron chi connectivity index (χ2n) is 3.36. The van der Waals surface area contributed by atoms with Crippen LogP contribution in [0.2, 0.25) is 0 Å². The van der Waals surface area contributed by atoms with E-state index in [4.69, 9.17) is 0 Å². The van der Waals surface area contributed by atoms with Crippen molar-refractivity contribution in [1.29, 1.82) is 0 Å². The second-order valence-corrected chi connectivity index (χ2v) is 3.36. The van der Waals surface area contributed by atoms with E-state index in [0.29, 0.717) is 5.56 Å². The van der Waals surface area contributed by atoms with Crippen LogP contribution in [0.5, 0.6) is 0 Å². The normalized spacial score (nSPS) is 13.4. The van der Waals surface area contributed by atoms with Crippen molar-refractivity contribution in [2.45, 2.75) is 20.0 Å². The van der Waals surface area contributed by atoms with Gasteiger partial charge in [0.25, 0.3) is 0 Å². The third-order valence-electron chi connectivity index (χ3n) is 1.92. The summed E-state index contributed by atoms with van der Waals surface area (Å²) < 4.78 is 25.2. The van der Waals surface area contributed by atoms with E-state index in [1.54, 1.807) is 0 Å². The summed E-state index contributed by atoms with van der Waals surface area (Å²) in [7, 11) is 0. The maximum atomic E-state index is 12.7. The first-order chi connectivity index (χ1) is 6.02. The Hall–Kier alpha value is -0.960. The molecule has 72 valence electrons. The number of hydrogen-bond acceptors (Lipinski definition) is 1. The Balaban J connectivity index is 2.97. The van der Waals surface area contributed by atoms with Crippen LogP contribution in [0.1, 0.15) is 25.5 Å². The van der Waals surface area contributed by atoms with Gasteiger partial charge >= 0.3 is 0 Å². The topological polar surface area (TPSA) is 20.2 Å². The predicted molar refractivity (Wildman–Crippen MR) is 46.2 cm³/mol. The van der Waals surface area contributed by atoms with Crippen LogP contribution < -0.4 is 0 Å². The molecule has 0 aliphatic carbocycles. The summed E-state index contributed by atoms with van der Waals surface area (Å²) in [6.07, 6.45) is -0.741. The highest BCUT2D eigenvalue weighted by atomic mass is 19.2. The van der Waals surface area contributed by atoms with Crippen LogP contribution in [0.15, 0.2) is 18.2 Å². The molecule has 3 heteroatoms. The van der Waals surface area contributed by atoms with Gasteiger partial charge in [0, 0.05) is 0 Å². The summed E-state index contributed by atoms with van der Waals surface area (Å²) in [4.78, 5) is 0. The van der Waals surface area contributed by atoms with Crippen molar-refractivity contribution in [3.8, 4) is 0 Å². The van der Waals surface area contributed by atoms with E-state index in [9.17, 15) is 13.9 Å². The average molecular weight is 186 g/mol. The zero-order chi connectivity index (χ0) is 10.0. The lowest BCUT2D eigenvalue weighted by Gasteiger charge is -2.14. The molecule has 0 aromatic heterocycles. The van der Waals surface area contributed by atoms with E-state index in [-0.39, 0.29) is 5.92 Å². The Labute approximate surface area is 76.0 Å². The van der Waals surface area contributed by atoms with Crippen molar-refractivity contribution in [3.63, 3.8) is 0 Å². The molecule has 0 saturated heterocycles. The molecule has 1 nitrogen and oxygen atoms in total. The van der Waals surface area contributed by atoms with Crippen molar-refractivity contribution >= 4 is 0 Å². The largest absolute Gasteiger partial charge is 0.388 e. The quantitative estimate of drug-likeness (QED) is 0.752. The molecule has 1 rings (SSSR count). The minimum absolute atomic E-state index is 0.00939. The highest BCUT2D eigenvalue weighted by Gasteiger charge is 2.13. The van der Waals surface area contributed by atoms with Crippen LogP contribution in [-0.4, -0.2) is 5.11 Å². The van der Waals surface area contributed by atoms with E-state index in [0.717, 1.165) is 12.1 Å². The first kappa shape index (κ1) is 10.1. The van der Waals surface area contributed by atoms with Crippen molar-refractivity contribution in [1.82, 2.24) is 0 Å². The van der Waals surface area contributed by atoms with Gasteiger partial charge in [-0.2, -0.15) is 0 Å². The number of aliphatic hydroxyl groups excluding tert-OH is 1. The first-order valence-electron chi connectivity index (χ1n) is 4.15. The standard InChI is InChI=1S/C10H12F2O/c1-6(2)10(13)7-3-4-8(11)9(12)5-7/h3-6,10,13H,1-2H3/t10-/m0/s1. The Bertz CT molecular complexity index is 297. The van der Waals surface area contributed by atoms with Gasteiger partial charge in [-0.05, 0) is 23.6 Å². The highest BCUT2D eigenvalue weighted by Crippen LogP contribution is 2.22. The molecular formula is C10H12F2O. The van der Waals surface area contributed by atoms with Crippen LogP contribution in [0.3, 0.4) is 0 Å². The Morgan fingerprint density at radius 3 is 2.23 bits per heavy atom. The number of rotatable bonds is 2. The molecule has 0 amide bonds. The fraction of sp³-hybridized carbons (Fsp3) is 0.400. The smallest absolute Gasteiger partial charge is 0.159 e. The lowest BCUT2D eigenvalue weighted by molar-refractivity contribution is 0.126. The summed E-state index contributed by atoms with van der Waals surface area (Å²) in [5.74, 6) is -1.82. The molecule has 0 unspecified atom stereocenters. The molecule has 0 radical (unpaired) electrons. The molecule has 1 aromatic carbocycles. The van der Waals surface area contributed by atoms with Gasteiger partial charge in [-0.3, -0.25) is 0 Å². The molecule has 0 spiro atoms. The number of benzene rings is 1. The van der Waals surface area contributed by atoms with Gasteiger partial charge in [-0.1, -0.05) is 19.9 Å². The predicted octanol–water partition coefficient (Wildman–Crippen LogP) is 2.65. The molecule has 0 aliphatic rings. The molecule has 1 atom stereocenters. The summed E-state index contributed by atoms with van der Waals surface area (Å²) in [6, 6.07) is 3.44. The third kappa shape index (κ3) is 2.25. The summed E-state index contributed by atoms with van der Waals surface area (Å²) in [5.41, 5.74) is 0.411. The van der Waals surface area contributed by atoms with Gasteiger partial charge in [-0.25, -0.2) is 8.78 Å². The molecule has 0 heterocycles. The molecular weight excluding hydrogens is 174 g/mol. The van der Waals surface area contributed by atoms with E-state index in [2.05, 4.69) is 0 Å². The van der Waals surface area contributed by atoms with Gasteiger partial charge in [-0.15, -0.1) is 0 Å². The lowest BCUT2D eigenvalue weighted by atomic mass is 9.99. The first-order valence-corrected chi connectivity index (χ1v) is 4.15. The summed E-state index contributed by atoms with van der Waals surface area (Å²) in [6.45, 7) is 3.62. The second kappa shape index (κ2) is 3.83. The van der Waals surface area contributed by atoms with E-state index < -0.39 is 17.7 Å². The lowest BCUT2D eigenvalue weighted by Crippen LogP contribution is -2.05. The highest BCUT2D eigenvalue weighted by molar-refractivity contribution is 5.20. The maximum Gasteiger partial charge on any atom is 0.159 e. The Kier molecular flexibility index (Phi) is 2.98. The van der Waals surface area contributed by atoms with Gasteiger partial charge < -0.3 is 5.11 Å². The summed E-state index contributed by atoms with van der Waals surface area (Å²) in [5, 5.41) is 9.52. The van der Waals surface area contributed by atoms with E-state index >= 15 is 0 Å². The van der Waals surface area contributed by atoms with Crippen LogP contribution >= 0.6 is 0 Å². The van der Waals surface area contributed by atoms with Crippen LogP contribution in [0.4, 0.5) is 8.78 Å². The molecule has 1 N–H and O–H groups in total. The summed E-state index contributed by atoms with van der Waals surface area (Å²) >= 11 is 0. The van der Waals surface area contributed by atoms with Crippen LogP contribution in [0.25, 0.3) is 0 Å². The van der Waals surface area contributed by atoms with E-state index in [1.165, 1.54) is 6.07 Å². The zero-order valence-electron chi connectivity index (χ0n) is 7.59. The monoisotopic (exact) mass is 186 g/mol. The van der Waals surface area contributed by atoms with Gasteiger partial charge in [0.05, 0.1) is 6.10 Å². The molecule has 0 aliphatic heterocycles. The molecule has 13 heavy (non-hydrogen) atoms. The molecule has 0 bridgehead atoms. The van der Waals surface area contributed by atoms with Crippen molar-refractivity contribution < 1.29 is 13.9 Å². The number of halogens is 2. The maximum absolute atomic E-state index is 12.7. The number of aliphatic hydroxyl groups is 1. The van der Waals surface area contributed by atoms with Crippen LogP contribution in [-0.2, 0) is 0 Å². The van der Waals surface area contributed by atoms with Gasteiger partial charge in [0.1, 0.15) is 0 Å². The van der Waals surface area contributed by atoms with Crippen molar-refractivity contribution in [2.75, 3.05) is 0 Å². The van der Waals surface area contributed by atoms with Crippen molar-refractivity contribution in [3.05, 3.63) is 35.4 Å². The SMILES string of the molecule is CC(C)[C@H](O)c1ccc(F)c(F)c1. The Morgan fingerprint density at radius 1 is 1.15 bits per heavy atom. The zero-order valence-corrected chi connectivity index (χ0v) is 7.59. The molecule has 0 fully saturated rings.